The van der Waals surface area contributed by atoms with Crippen LogP contribution in [0.5, 0.6) is 0 Å². The third-order valence-electron chi connectivity index (χ3n) is 6.24. The molecule has 35 heavy (non-hydrogen) atoms. The normalized spacial score (nSPS) is 11.7. The first kappa shape index (κ1) is 24.1. The molecule has 1 N–H and O–H groups in total. The van der Waals surface area contributed by atoms with E-state index in [9.17, 15) is 15.2 Å². The lowest BCUT2D eigenvalue weighted by Gasteiger charge is -2.16. The Morgan fingerprint density at radius 2 is 1.71 bits per heavy atom. The molecule has 0 aliphatic heterocycles. The molecule has 0 radical (unpaired) electrons. The van der Waals surface area contributed by atoms with Crippen LogP contribution in [-0.4, -0.2) is 14.7 Å². The summed E-state index contributed by atoms with van der Waals surface area (Å²) in [5, 5.41) is 19.2. The van der Waals surface area contributed by atoms with Gasteiger partial charge in [0.15, 0.2) is 0 Å². The standard InChI is InChI=1S/C30H29N3O2/c1-4-7-29-28(18-22-10-12-24(13-11-22)27-9-6-5-8-25(27)19-31)30(35)33(21(3)32-29)26-16-14-23(15-17-26)20(2)34/h5-6,8-17,20,34H,4,7,18H2,1-3H3. The average molecular weight is 464 g/mol. The zero-order valence-electron chi connectivity index (χ0n) is 20.3. The number of aliphatic hydroxyl groups is 1. The number of hydrogen-bond acceptors (Lipinski definition) is 4. The van der Waals surface area contributed by atoms with Crippen LogP contribution in [0.25, 0.3) is 16.8 Å². The fourth-order valence-corrected chi connectivity index (χ4v) is 4.38. The Kier molecular flexibility index (Phi) is 7.24. The second kappa shape index (κ2) is 10.5. The van der Waals surface area contributed by atoms with Crippen LogP contribution >= 0.6 is 0 Å². The minimum atomic E-state index is -0.564. The first-order valence-electron chi connectivity index (χ1n) is 11.9. The Balaban J connectivity index is 1.73. The molecule has 1 aromatic heterocycles. The summed E-state index contributed by atoms with van der Waals surface area (Å²) >= 11 is 0. The van der Waals surface area contributed by atoms with E-state index in [1.54, 1.807) is 11.5 Å². The first-order valence-corrected chi connectivity index (χ1v) is 11.9. The van der Waals surface area contributed by atoms with E-state index in [1.807, 2.05) is 79.7 Å². The van der Waals surface area contributed by atoms with Gasteiger partial charge in [0.2, 0.25) is 0 Å². The lowest BCUT2D eigenvalue weighted by molar-refractivity contribution is 0.199. The van der Waals surface area contributed by atoms with Crippen molar-refractivity contribution in [2.45, 2.75) is 46.1 Å². The average Bonchev–Trinajstić information content (AvgIpc) is 2.87. The third kappa shape index (κ3) is 5.08. The molecule has 5 nitrogen and oxygen atoms in total. The van der Waals surface area contributed by atoms with Gasteiger partial charge in [-0.05, 0) is 60.7 Å². The maximum absolute atomic E-state index is 13.7. The van der Waals surface area contributed by atoms with Crippen LogP contribution in [0.3, 0.4) is 0 Å². The molecular formula is C30H29N3O2. The van der Waals surface area contributed by atoms with Crippen molar-refractivity contribution in [2.75, 3.05) is 0 Å². The van der Waals surface area contributed by atoms with Crippen LogP contribution in [0.15, 0.2) is 77.6 Å². The molecule has 1 heterocycles. The van der Waals surface area contributed by atoms with Crippen molar-refractivity contribution in [3.63, 3.8) is 0 Å². The van der Waals surface area contributed by atoms with Crippen molar-refractivity contribution in [1.82, 2.24) is 9.55 Å². The van der Waals surface area contributed by atoms with E-state index in [-0.39, 0.29) is 5.56 Å². The SMILES string of the molecule is CCCc1nc(C)n(-c2ccc(C(C)O)cc2)c(=O)c1Cc1ccc(-c2ccccc2C#N)cc1. The fourth-order valence-electron chi connectivity index (χ4n) is 4.38. The number of nitriles is 1. The van der Waals surface area contributed by atoms with Crippen molar-refractivity contribution in [1.29, 1.82) is 5.26 Å². The Morgan fingerprint density at radius 3 is 2.34 bits per heavy atom. The molecule has 4 aromatic rings. The van der Waals surface area contributed by atoms with Gasteiger partial charge in [0.25, 0.3) is 5.56 Å². The van der Waals surface area contributed by atoms with Crippen molar-refractivity contribution >= 4 is 0 Å². The summed E-state index contributed by atoms with van der Waals surface area (Å²) in [6, 6.07) is 25.2. The van der Waals surface area contributed by atoms with Crippen LogP contribution in [-0.2, 0) is 12.8 Å². The second-order valence-corrected chi connectivity index (χ2v) is 8.77. The smallest absolute Gasteiger partial charge is 0.261 e. The second-order valence-electron chi connectivity index (χ2n) is 8.77. The van der Waals surface area contributed by atoms with Crippen LogP contribution < -0.4 is 5.56 Å². The quantitative estimate of drug-likeness (QED) is 0.383. The molecule has 0 aliphatic rings. The molecule has 1 atom stereocenters. The predicted octanol–water partition coefficient (Wildman–Crippen LogP) is 5.68. The van der Waals surface area contributed by atoms with Gasteiger partial charge in [-0.3, -0.25) is 9.36 Å². The maximum atomic E-state index is 13.7. The summed E-state index contributed by atoms with van der Waals surface area (Å²) in [5.41, 5.74) is 6.52. The van der Waals surface area contributed by atoms with E-state index in [0.717, 1.165) is 46.5 Å². The van der Waals surface area contributed by atoms with Crippen LogP contribution in [0.2, 0.25) is 0 Å². The van der Waals surface area contributed by atoms with Gasteiger partial charge in [0.1, 0.15) is 5.82 Å². The molecular weight excluding hydrogens is 434 g/mol. The number of rotatable bonds is 7. The molecule has 176 valence electrons. The summed E-state index contributed by atoms with van der Waals surface area (Å²) in [4.78, 5) is 18.5. The Morgan fingerprint density at radius 1 is 1.03 bits per heavy atom. The molecule has 4 rings (SSSR count). The molecule has 0 saturated heterocycles. The molecule has 0 fully saturated rings. The van der Waals surface area contributed by atoms with E-state index in [4.69, 9.17) is 4.98 Å². The summed E-state index contributed by atoms with van der Waals surface area (Å²) < 4.78 is 1.65. The topological polar surface area (TPSA) is 78.9 Å². The number of aliphatic hydroxyl groups excluding tert-OH is 1. The number of aryl methyl sites for hydroxylation is 2. The predicted molar refractivity (Wildman–Crippen MR) is 139 cm³/mol. The maximum Gasteiger partial charge on any atom is 0.261 e. The van der Waals surface area contributed by atoms with Crippen molar-refractivity contribution < 1.29 is 5.11 Å². The lowest BCUT2D eigenvalue weighted by Crippen LogP contribution is -2.28. The molecule has 5 heteroatoms. The molecule has 1 unspecified atom stereocenters. The van der Waals surface area contributed by atoms with Gasteiger partial charge in [-0.2, -0.15) is 5.26 Å². The van der Waals surface area contributed by atoms with Gasteiger partial charge >= 0.3 is 0 Å². The number of nitrogens with zero attached hydrogens (tertiary/aromatic N) is 3. The summed E-state index contributed by atoms with van der Waals surface area (Å²) in [5.74, 6) is 0.649. The van der Waals surface area contributed by atoms with Gasteiger partial charge in [0.05, 0.1) is 29.1 Å². The minimum Gasteiger partial charge on any atom is -0.389 e. The van der Waals surface area contributed by atoms with Crippen molar-refractivity contribution in [3.8, 4) is 22.9 Å². The molecule has 0 bridgehead atoms. The number of benzene rings is 3. The zero-order chi connectivity index (χ0) is 24.9. The summed E-state index contributed by atoms with van der Waals surface area (Å²) in [7, 11) is 0. The molecule has 0 amide bonds. The zero-order valence-corrected chi connectivity index (χ0v) is 20.3. The minimum absolute atomic E-state index is 0.0651. The van der Waals surface area contributed by atoms with Gasteiger partial charge in [-0.1, -0.05) is 67.9 Å². The highest BCUT2D eigenvalue weighted by Gasteiger charge is 2.16. The number of hydrogen-bond donors (Lipinski definition) is 1. The molecule has 0 saturated carbocycles. The largest absolute Gasteiger partial charge is 0.389 e. The lowest BCUT2D eigenvalue weighted by atomic mass is 9.97. The third-order valence-corrected chi connectivity index (χ3v) is 6.24. The van der Waals surface area contributed by atoms with E-state index >= 15 is 0 Å². The van der Waals surface area contributed by atoms with Crippen molar-refractivity contribution in [3.05, 3.63) is 117 Å². The summed E-state index contributed by atoms with van der Waals surface area (Å²) in [6.07, 6.45) is 1.55. The van der Waals surface area contributed by atoms with Gasteiger partial charge < -0.3 is 5.11 Å². The van der Waals surface area contributed by atoms with Gasteiger partial charge in [-0.15, -0.1) is 0 Å². The van der Waals surface area contributed by atoms with Crippen LogP contribution in [0, 0.1) is 18.3 Å². The number of aromatic nitrogens is 2. The van der Waals surface area contributed by atoms with Crippen LogP contribution in [0.4, 0.5) is 0 Å². The highest BCUT2D eigenvalue weighted by molar-refractivity contribution is 5.70. The Bertz CT molecular complexity index is 1430. The molecule has 0 spiro atoms. The highest BCUT2D eigenvalue weighted by atomic mass is 16.3. The van der Waals surface area contributed by atoms with Crippen molar-refractivity contribution in [2.24, 2.45) is 0 Å². The molecule has 3 aromatic carbocycles. The fraction of sp³-hybridized carbons (Fsp3) is 0.233. The monoisotopic (exact) mass is 463 g/mol. The van der Waals surface area contributed by atoms with Gasteiger partial charge in [0, 0.05) is 12.0 Å². The van der Waals surface area contributed by atoms with Crippen LogP contribution in [0.1, 0.15) is 60.1 Å². The Labute approximate surface area is 206 Å². The van der Waals surface area contributed by atoms with E-state index in [1.165, 1.54) is 0 Å². The Hall–Kier alpha value is -4.01. The van der Waals surface area contributed by atoms with E-state index < -0.39 is 6.10 Å². The van der Waals surface area contributed by atoms with E-state index in [2.05, 4.69) is 13.0 Å². The highest BCUT2D eigenvalue weighted by Crippen LogP contribution is 2.24. The molecule has 0 aliphatic carbocycles. The van der Waals surface area contributed by atoms with Gasteiger partial charge in [-0.25, -0.2) is 4.98 Å². The first-order chi connectivity index (χ1) is 16.9. The summed E-state index contributed by atoms with van der Waals surface area (Å²) in [6.45, 7) is 5.66. The van der Waals surface area contributed by atoms with E-state index in [0.29, 0.717) is 23.4 Å².